The van der Waals surface area contributed by atoms with E-state index in [1.807, 2.05) is 0 Å². The molecule has 0 aromatic heterocycles. The molecule has 0 unspecified atom stereocenters. The Balaban J connectivity index is 1.54. The molecule has 0 aliphatic carbocycles. The average molecular weight is 418 g/mol. The summed E-state index contributed by atoms with van der Waals surface area (Å²) in [5, 5.41) is 0. The molecule has 0 amide bonds. The molecule has 0 saturated carbocycles. The predicted molar refractivity (Wildman–Crippen MR) is 109 cm³/mol. The summed E-state index contributed by atoms with van der Waals surface area (Å²) in [6.45, 7) is 0.517. The fraction of sp³-hybridized carbons (Fsp3) is 0.200. The first kappa shape index (κ1) is 21.7. The van der Waals surface area contributed by atoms with Gasteiger partial charge >= 0.3 is 11.9 Å². The van der Waals surface area contributed by atoms with E-state index in [0.717, 1.165) is 0 Å². The van der Waals surface area contributed by atoms with E-state index in [1.165, 1.54) is 21.6 Å². The first-order chi connectivity index (χ1) is 13.6. The van der Waals surface area contributed by atoms with Crippen LogP contribution in [0.15, 0.2) is 48.5 Å². The van der Waals surface area contributed by atoms with E-state index in [2.05, 4.69) is 0 Å². The second-order valence-corrected chi connectivity index (χ2v) is 8.10. The van der Waals surface area contributed by atoms with Crippen LogP contribution in [0.2, 0.25) is 0 Å². The second kappa shape index (κ2) is 12.0. The third-order valence-electron chi connectivity index (χ3n) is 3.45. The lowest BCUT2D eigenvalue weighted by Crippen LogP contribution is -2.08. The molecule has 0 heterocycles. The number of carbonyl (C=O) groups excluding carboxylic acids is 4. The van der Waals surface area contributed by atoms with Crippen molar-refractivity contribution in [2.75, 3.05) is 24.7 Å². The van der Waals surface area contributed by atoms with Crippen LogP contribution in [-0.4, -0.2) is 49.2 Å². The van der Waals surface area contributed by atoms with Crippen molar-refractivity contribution in [3.8, 4) is 0 Å². The predicted octanol–water partition coefficient (Wildman–Crippen LogP) is 3.71. The van der Waals surface area contributed by atoms with Gasteiger partial charge in [0, 0.05) is 22.6 Å². The van der Waals surface area contributed by atoms with Crippen LogP contribution in [0.4, 0.5) is 0 Å². The van der Waals surface area contributed by atoms with Gasteiger partial charge in [0.15, 0.2) is 0 Å². The molecule has 28 heavy (non-hydrogen) atoms. The highest BCUT2D eigenvalue weighted by atomic mass is 33.1. The van der Waals surface area contributed by atoms with Crippen LogP contribution in [0.1, 0.15) is 41.4 Å². The molecule has 6 nitrogen and oxygen atoms in total. The van der Waals surface area contributed by atoms with E-state index in [-0.39, 0.29) is 13.2 Å². The number of rotatable bonds is 11. The largest absolute Gasteiger partial charge is 0.461 e. The van der Waals surface area contributed by atoms with Gasteiger partial charge in [0.1, 0.15) is 25.8 Å². The Kier molecular flexibility index (Phi) is 9.30. The fourth-order valence-corrected chi connectivity index (χ4v) is 3.67. The molecule has 0 radical (unpaired) electrons. The highest BCUT2D eigenvalue weighted by Crippen LogP contribution is 2.20. The minimum atomic E-state index is -0.433. The lowest BCUT2D eigenvalue weighted by molar-refractivity contribution is 0.0520. The van der Waals surface area contributed by atoms with Crippen molar-refractivity contribution in [2.24, 2.45) is 0 Å². The van der Waals surface area contributed by atoms with Crippen molar-refractivity contribution in [1.82, 2.24) is 0 Å². The van der Waals surface area contributed by atoms with E-state index >= 15 is 0 Å². The molecule has 0 fully saturated rings. The number of esters is 2. The summed E-state index contributed by atoms with van der Waals surface area (Å²) >= 11 is 0. The Morgan fingerprint density at radius 1 is 0.679 bits per heavy atom. The van der Waals surface area contributed by atoms with Gasteiger partial charge < -0.3 is 9.47 Å². The first-order valence-electron chi connectivity index (χ1n) is 8.33. The van der Waals surface area contributed by atoms with Crippen LogP contribution in [0, 0.1) is 0 Å². The van der Waals surface area contributed by atoms with E-state index in [0.29, 0.717) is 46.3 Å². The van der Waals surface area contributed by atoms with Crippen LogP contribution in [0.25, 0.3) is 0 Å². The molecule has 0 N–H and O–H groups in total. The molecule has 8 heteroatoms. The van der Waals surface area contributed by atoms with E-state index < -0.39 is 11.9 Å². The minimum Gasteiger partial charge on any atom is -0.461 e. The van der Waals surface area contributed by atoms with Crippen LogP contribution in [0.3, 0.4) is 0 Å². The molecule has 2 aromatic carbocycles. The molecule has 0 atom stereocenters. The smallest absolute Gasteiger partial charge is 0.338 e. The van der Waals surface area contributed by atoms with Crippen molar-refractivity contribution in [1.29, 1.82) is 0 Å². The van der Waals surface area contributed by atoms with E-state index in [1.54, 1.807) is 48.5 Å². The summed E-state index contributed by atoms with van der Waals surface area (Å²) in [4.78, 5) is 44.8. The van der Waals surface area contributed by atoms with Gasteiger partial charge in [-0.05, 0) is 24.3 Å². The number of carbonyl (C=O) groups is 4. The molecular weight excluding hydrogens is 400 g/mol. The molecule has 146 valence electrons. The van der Waals surface area contributed by atoms with Gasteiger partial charge in [-0.25, -0.2) is 9.59 Å². The van der Waals surface area contributed by atoms with Crippen LogP contribution in [-0.2, 0) is 9.47 Å². The molecule has 0 bridgehead atoms. The standard InChI is InChI=1S/C20H18O6S2/c21-13-15-1-5-17(6-2-15)19(23)25-9-11-27-28-12-10-26-20(24)18-7-3-16(14-22)4-8-18/h1-8,13-14H,9-12H2. The summed E-state index contributed by atoms with van der Waals surface area (Å²) in [6.07, 6.45) is 1.42. The zero-order valence-electron chi connectivity index (χ0n) is 14.9. The molecule has 2 rings (SSSR count). The highest BCUT2D eigenvalue weighted by Gasteiger charge is 2.08. The Morgan fingerprint density at radius 2 is 1.04 bits per heavy atom. The quantitative estimate of drug-likeness (QED) is 0.236. The maximum absolute atomic E-state index is 11.8. The maximum Gasteiger partial charge on any atom is 0.338 e. The summed E-state index contributed by atoms with van der Waals surface area (Å²) in [5.41, 5.74) is 1.80. The van der Waals surface area contributed by atoms with Crippen LogP contribution in [0.5, 0.6) is 0 Å². The van der Waals surface area contributed by atoms with Gasteiger partial charge in [-0.2, -0.15) is 0 Å². The normalized spacial score (nSPS) is 10.1. The third-order valence-corrected chi connectivity index (χ3v) is 5.78. The number of aldehydes is 2. The third kappa shape index (κ3) is 7.21. The van der Waals surface area contributed by atoms with Gasteiger partial charge in [-0.3, -0.25) is 9.59 Å². The van der Waals surface area contributed by atoms with Crippen molar-refractivity contribution in [2.45, 2.75) is 0 Å². The summed E-state index contributed by atoms with van der Waals surface area (Å²) in [5.74, 6) is 0.337. The van der Waals surface area contributed by atoms with Gasteiger partial charge in [0.05, 0.1) is 11.1 Å². The molecule has 0 aliphatic heterocycles. The topological polar surface area (TPSA) is 86.7 Å². The van der Waals surface area contributed by atoms with Crippen molar-refractivity contribution in [3.05, 3.63) is 70.8 Å². The monoisotopic (exact) mass is 418 g/mol. The summed E-state index contributed by atoms with van der Waals surface area (Å²) in [6, 6.07) is 12.4. The Labute approximate surface area is 170 Å². The summed E-state index contributed by atoms with van der Waals surface area (Å²) < 4.78 is 10.3. The van der Waals surface area contributed by atoms with E-state index in [4.69, 9.17) is 9.47 Å². The SMILES string of the molecule is O=Cc1ccc(C(=O)OCCSSCCOC(=O)c2ccc(C=O)cc2)cc1. The number of hydrogen-bond donors (Lipinski definition) is 0. The fourth-order valence-electron chi connectivity index (χ4n) is 2.02. The zero-order chi connectivity index (χ0) is 20.2. The van der Waals surface area contributed by atoms with Gasteiger partial charge in [0.2, 0.25) is 0 Å². The van der Waals surface area contributed by atoms with Crippen LogP contribution < -0.4 is 0 Å². The lowest BCUT2D eigenvalue weighted by Gasteiger charge is -2.06. The summed E-state index contributed by atoms with van der Waals surface area (Å²) in [7, 11) is 3.02. The van der Waals surface area contributed by atoms with Crippen molar-refractivity contribution >= 4 is 46.1 Å². The lowest BCUT2D eigenvalue weighted by atomic mass is 10.1. The zero-order valence-corrected chi connectivity index (χ0v) is 16.5. The van der Waals surface area contributed by atoms with E-state index in [9.17, 15) is 19.2 Å². The molecule has 2 aromatic rings. The van der Waals surface area contributed by atoms with Crippen molar-refractivity contribution < 1.29 is 28.7 Å². The minimum absolute atomic E-state index is 0.259. The Morgan fingerprint density at radius 3 is 1.36 bits per heavy atom. The van der Waals surface area contributed by atoms with Crippen LogP contribution >= 0.6 is 21.6 Å². The van der Waals surface area contributed by atoms with Gasteiger partial charge in [-0.15, -0.1) is 0 Å². The number of benzene rings is 2. The average Bonchev–Trinajstić information content (AvgIpc) is 2.75. The molecule has 0 spiro atoms. The second-order valence-electron chi connectivity index (χ2n) is 5.40. The molecule has 0 aliphatic rings. The first-order valence-corrected chi connectivity index (χ1v) is 10.8. The van der Waals surface area contributed by atoms with Crippen molar-refractivity contribution in [3.63, 3.8) is 0 Å². The highest BCUT2D eigenvalue weighted by molar-refractivity contribution is 8.76. The molecule has 0 saturated heterocycles. The van der Waals surface area contributed by atoms with Gasteiger partial charge in [0.25, 0.3) is 0 Å². The molecular formula is C20H18O6S2. The van der Waals surface area contributed by atoms with Gasteiger partial charge in [-0.1, -0.05) is 45.9 Å². The number of ether oxygens (including phenoxy) is 2. The Bertz CT molecular complexity index is 733. The maximum atomic E-state index is 11.8. The Hall–Kier alpha value is -2.58. The number of hydrogen-bond acceptors (Lipinski definition) is 8.